The number of hydrogen-bond acceptors (Lipinski definition) is 3. The Hall–Kier alpha value is -1.39. The van der Waals surface area contributed by atoms with Crippen LogP contribution in [0, 0.1) is 0 Å². The van der Waals surface area contributed by atoms with E-state index < -0.39 is 0 Å². The van der Waals surface area contributed by atoms with Crippen LogP contribution in [-0.2, 0) is 6.54 Å². The van der Waals surface area contributed by atoms with Gasteiger partial charge in [0, 0.05) is 27.8 Å². The van der Waals surface area contributed by atoms with Gasteiger partial charge in [-0.1, -0.05) is 33.6 Å². The van der Waals surface area contributed by atoms with Crippen LogP contribution in [0.15, 0.2) is 40.9 Å². The standard InChI is InChI=1S/C14H13BrClNO2/c1-19-14-5-4-11(7-13(14)18)17-8-9-2-3-10(16)6-12(9)15/h2-7,17-18H,8H2,1H3. The minimum Gasteiger partial charge on any atom is -0.504 e. The molecule has 2 N–H and O–H groups in total. The molecule has 0 unspecified atom stereocenters. The zero-order valence-electron chi connectivity index (χ0n) is 10.3. The van der Waals surface area contributed by atoms with Gasteiger partial charge in [-0.2, -0.15) is 0 Å². The quantitative estimate of drug-likeness (QED) is 0.863. The smallest absolute Gasteiger partial charge is 0.160 e. The summed E-state index contributed by atoms with van der Waals surface area (Å²) in [7, 11) is 1.52. The summed E-state index contributed by atoms with van der Waals surface area (Å²) in [4.78, 5) is 0. The molecular weight excluding hydrogens is 330 g/mol. The Morgan fingerprint density at radius 2 is 2.05 bits per heavy atom. The van der Waals surface area contributed by atoms with Crippen LogP contribution in [0.2, 0.25) is 5.02 Å². The van der Waals surface area contributed by atoms with Crippen LogP contribution in [0.3, 0.4) is 0 Å². The second-order valence-corrected chi connectivity index (χ2v) is 5.27. The van der Waals surface area contributed by atoms with Gasteiger partial charge in [-0.15, -0.1) is 0 Å². The first-order valence-electron chi connectivity index (χ1n) is 5.65. The highest BCUT2D eigenvalue weighted by Crippen LogP contribution is 2.29. The van der Waals surface area contributed by atoms with Gasteiger partial charge in [0.1, 0.15) is 0 Å². The van der Waals surface area contributed by atoms with E-state index in [1.807, 2.05) is 24.3 Å². The average molecular weight is 343 g/mol. The fourth-order valence-electron chi connectivity index (χ4n) is 1.66. The third kappa shape index (κ3) is 3.55. The van der Waals surface area contributed by atoms with Crippen molar-refractivity contribution in [3.8, 4) is 11.5 Å². The van der Waals surface area contributed by atoms with Crippen molar-refractivity contribution in [1.29, 1.82) is 0 Å². The van der Waals surface area contributed by atoms with Crippen molar-refractivity contribution in [2.24, 2.45) is 0 Å². The molecule has 0 aliphatic carbocycles. The van der Waals surface area contributed by atoms with Gasteiger partial charge in [-0.3, -0.25) is 0 Å². The molecule has 0 aromatic heterocycles. The number of phenolic OH excluding ortho intramolecular Hbond substituents is 1. The van der Waals surface area contributed by atoms with Crippen molar-refractivity contribution in [3.05, 3.63) is 51.5 Å². The van der Waals surface area contributed by atoms with Crippen molar-refractivity contribution in [2.75, 3.05) is 12.4 Å². The Morgan fingerprint density at radius 3 is 2.68 bits per heavy atom. The Morgan fingerprint density at radius 1 is 1.26 bits per heavy atom. The first-order chi connectivity index (χ1) is 9.10. The number of ether oxygens (including phenoxy) is 1. The summed E-state index contributed by atoms with van der Waals surface area (Å²) in [6.07, 6.45) is 0. The molecule has 2 rings (SSSR count). The van der Waals surface area contributed by atoms with Gasteiger partial charge < -0.3 is 15.2 Å². The molecule has 0 saturated carbocycles. The molecule has 0 bridgehead atoms. The fraction of sp³-hybridized carbons (Fsp3) is 0.143. The summed E-state index contributed by atoms with van der Waals surface area (Å²) < 4.78 is 5.94. The van der Waals surface area contributed by atoms with Gasteiger partial charge in [0.05, 0.1) is 7.11 Å². The monoisotopic (exact) mass is 341 g/mol. The van der Waals surface area contributed by atoms with E-state index in [-0.39, 0.29) is 5.75 Å². The molecule has 0 amide bonds. The molecule has 0 aliphatic rings. The van der Waals surface area contributed by atoms with Crippen LogP contribution in [-0.4, -0.2) is 12.2 Å². The number of hydrogen-bond donors (Lipinski definition) is 2. The van der Waals surface area contributed by atoms with Crippen molar-refractivity contribution in [1.82, 2.24) is 0 Å². The Balaban J connectivity index is 2.08. The second-order valence-electron chi connectivity index (χ2n) is 3.98. The van der Waals surface area contributed by atoms with Crippen LogP contribution < -0.4 is 10.1 Å². The Bertz CT molecular complexity index is 590. The largest absolute Gasteiger partial charge is 0.504 e. The van der Waals surface area contributed by atoms with E-state index >= 15 is 0 Å². The normalized spacial score (nSPS) is 10.3. The average Bonchev–Trinajstić information content (AvgIpc) is 2.38. The molecule has 5 heteroatoms. The molecule has 2 aromatic rings. The first-order valence-corrected chi connectivity index (χ1v) is 6.82. The van der Waals surface area contributed by atoms with Gasteiger partial charge in [-0.05, 0) is 29.8 Å². The van der Waals surface area contributed by atoms with Crippen LogP contribution >= 0.6 is 27.5 Å². The third-order valence-electron chi connectivity index (χ3n) is 2.68. The number of rotatable bonds is 4. The number of aromatic hydroxyl groups is 1. The van der Waals surface area contributed by atoms with E-state index in [0.717, 1.165) is 15.7 Å². The first kappa shape index (κ1) is 14.0. The Kier molecular flexibility index (Phi) is 4.56. The highest BCUT2D eigenvalue weighted by atomic mass is 79.9. The van der Waals surface area contributed by atoms with Gasteiger partial charge in [0.2, 0.25) is 0 Å². The van der Waals surface area contributed by atoms with Crippen LogP contribution in [0.1, 0.15) is 5.56 Å². The van der Waals surface area contributed by atoms with E-state index in [4.69, 9.17) is 16.3 Å². The van der Waals surface area contributed by atoms with Crippen LogP contribution in [0.4, 0.5) is 5.69 Å². The molecule has 0 radical (unpaired) electrons. The maximum Gasteiger partial charge on any atom is 0.160 e. The number of benzene rings is 2. The number of phenols is 1. The SMILES string of the molecule is COc1ccc(NCc2ccc(Cl)cc2Br)cc1O. The minimum absolute atomic E-state index is 0.114. The van der Waals surface area contributed by atoms with E-state index in [1.165, 1.54) is 7.11 Å². The topological polar surface area (TPSA) is 41.5 Å². The number of halogens is 2. The fourth-order valence-corrected chi connectivity index (χ4v) is 2.49. The summed E-state index contributed by atoms with van der Waals surface area (Å²) in [6.45, 7) is 0.628. The van der Waals surface area contributed by atoms with Gasteiger partial charge in [0.25, 0.3) is 0 Å². The predicted molar refractivity (Wildman–Crippen MR) is 81.1 cm³/mol. The van der Waals surface area contributed by atoms with E-state index in [2.05, 4.69) is 21.2 Å². The summed E-state index contributed by atoms with van der Waals surface area (Å²) in [5, 5.41) is 13.6. The molecule has 0 fully saturated rings. The zero-order chi connectivity index (χ0) is 13.8. The van der Waals surface area contributed by atoms with Crippen LogP contribution in [0.25, 0.3) is 0 Å². The molecule has 0 spiro atoms. The number of methoxy groups -OCH3 is 1. The minimum atomic E-state index is 0.114. The molecular formula is C14H13BrClNO2. The zero-order valence-corrected chi connectivity index (χ0v) is 12.6. The molecule has 0 atom stereocenters. The summed E-state index contributed by atoms with van der Waals surface area (Å²) >= 11 is 9.36. The molecule has 0 saturated heterocycles. The number of anilines is 1. The second kappa shape index (κ2) is 6.17. The van der Waals surface area contributed by atoms with Crippen molar-refractivity contribution < 1.29 is 9.84 Å². The van der Waals surface area contributed by atoms with Gasteiger partial charge in [0.15, 0.2) is 11.5 Å². The van der Waals surface area contributed by atoms with Crippen LogP contribution in [0.5, 0.6) is 11.5 Å². The molecule has 0 aliphatic heterocycles. The lowest BCUT2D eigenvalue weighted by Crippen LogP contribution is -2.00. The maximum absolute atomic E-state index is 9.69. The number of nitrogens with one attached hydrogen (secondary N) is 1. The van der Waals surface area contributed by atoms with Crippen molar-refractivity contribution in [2.45, 2.75) is 6.54 Å². The van der Waals surface area contributed by atoms with E-state index in [1.54, 1.807) is 12.1 Å². The van der Waals surface area contributed by atoms with Crippen molar-refractivity contribution in [3.63, 3.8) is 0 Å². The molecule has 2 aromatic carbocycles. The maximum atomic E-state index is 9.69. The lowest BCUT2D eigenvalue weighted by molar-refractivity contribution is 0.373. The summed E-state index contributed by atoms with van der Waals surface area (Å²) in [6, 6.07) is 10.8. The molecule has 19 heavy (non-hydrogen) atoms. The highest BCUT2D eigenvalue weighted by molar-refractivity contribution is 9.10. The Labute approximate surface area is 125 Å². The molecule has 100 valence electrons. The summed E-state index contributed by atoms with van der Waals surface area (Å²) in [5.41, 5.74) is 1.90. The lowest BCUT2D eigenvalue weighted by atomic mass is 10.2. The van der Waals surface area contributed by atoms with E-state index in [0.29, 0.717) is 17.3 Å². The lowest BCUT2D eigenvalue weighted by Gasteiger charge is -2.10. The van der Waals surface area contributed by atoms with E-state index in [9.17, 15) is 5.11 Å². The van der Waals surface area contributed by atoms with Crippen molar-refractivity contribution >= 4 is 33.2 Å². The highest BCUT2D eigenvalue weighted by Gasteiger charge is 2.04. The molecule has 3 nitrogen and oxygen atoms in total. The summed E-state index contributed by atoms with van der Waals surface area (Å²) in [5.74, 6) is 0.570. The predicted octanol–water partition coefficient (Wildman–Crippen LogP) is 4.43. The van der Waals surface area contributed by atoms with Gasteiger partial charge in [-0.25, -0.2) is 0 Å². The molecule has 0 heterocycles. The third-order valence-corrected chi connectivity index (χ3v) is 3.65. The van der Waals surface area contributed by atoms with Gasteiger partial charge >= 0.3 is 0 Å².